The summed E-state index contributed by atoms with van der Waals surface area (Å²) < 4.78 is 37.1. The molecule has 0 radical (unpaired) electrons. The Bertz CT molecular complexity index is 461. The van der Waals surface area contributed by atoms with E-state index in [9.17, 15) is 18.0 Å². The predicted molar refractivity (Wildman–Crippen MR) is 71.2 cm³/mol. The molecule has 0 bridgehead atoms. The number of thioether (sulfide) groups is 1. The van der Waals surface area contributed by atoms with Gasteiger partial charge in [-0.05, 0) is 38.1 Å². The number of Topliss-reactive ketones (excluding diaryl/α,β-unsaturated/α-hetero) is 1. The second kappa shape index (κ2) is 6.80. The highest BCUT2D eigenvalue weighted by atomic mass is 32.2. The molecule has 0 saturated carbocycles. The Morgan fingerprint density at radius 1 is 1.21 bits per heavy atom. The van der Waals surface area contributed by atoms with Crippen molar-refractivity contribution in [1.29, 1.82) is 0 Å². The molecule has 5 heteroatoms. The largest absolute Gasteiger partial charge is 0.416 e. The van der Waals surface area contributed by atoms with Gasteiger partial charge in [0.1, 0.15) is 5.78 Å². The molecule has 0 amide bonds. The minimum Gasteiger partial charge on any atom is -0.300 e. The smallest absolute Gasteiger partial charge is 0.300 e. The topological polar surface area (TPSA) is 17.1 Å². The van der Waals surface area contributed by atoms with Crippen LogP contribution in [0.4, 0.5) is 13.2 Å². The number of benzene rings is 1. The molecular weight excluding hydrogens is 273 g/mol. The van der Waals surface area contributed by atoms with Crippen molar-refractivity contribution in [1.82, 2.24) is 0 Å². The first-order chi connectivity index (χ1) is 8.79. The van der Waals surface area contributed by atoms with Gasteiger partial charge in [0.25, 0.3) is 0 Å². The summed E-state index contributed by atoms with van der Waals surface area (Å²) in [7, 11) is 0. The van der Waals surface area contributed by atoms with Gasteiger partial charge in [-0.3, -0.25) is 4.79 Å². The quantitative estimate of drug-likeness (QED) is 0.576. The van der Waals surface area contributed by atoms with E-state index in [-0.39, 0.29) is 5.78 Å². The molecule has 0 spiro atoms. The third-order valence-corrected chi connectivity index (χ3v) is 3.59. The number of allylic oxidation sites excluding steroid dienone is 1. The molecule has 0 aliphatic carbocycles. The molecule has 104 valence electrons. The molecule has 0 aliphatic heterocycles. The van der Waals surface area contributed by atoms with Gasteiger partial charge in [-0.1, -0.05) is 11.6 Å². The Kier molecular flexibility index (Phi) is 5.66. The van der Waals surface area contributed by atoms with E-state index >= 15 is 0 Å². The van der Waals surface area contributed by atoms with Crippen molar-refractivity contribution in [2.75, 3.05) is 5.75 Å². The third-order valence-electron chi connectivity index (χ3n) is 2.39. The Morgan fingerprint density at radius 3 is 2.26 bits per heavy atom. The van der Waals surface area contributed by atoms with Gasteiger partial charge in [-0.2, -0.15) is 13.2 Å². The lowest BCUT2D eigenvalue weighted by atomic mass is 10.2. The van der Waals surface area contributed by atoms with E-state index < -0.39 is 11.7 Å². The van der Waals surface area contributed by atoms with Crippen molar-refractivity contribution in [2.45, 2.75) is 31.3 Å². The molecule has 0 unspecified atom stereocenters. The van der Waals surface area contributed by atoms with Gasteiger partial charge in [-0.25, -0.2) is 0 Å². The van der Waals surface area contributed by atoms with Crippen LogP contribution >= 0.6 is 11.8 Å². The number of ketones is 1. The number of carbonyl (C=O) groups is 1. The zero-order valence-corrected chi connectivity index (χ0v) is 11.6. The molecule has 0 aliphatic rings. The molecule has 1 rings (SSSR count). The molecule has 1 nitrogen and oxygen atoms in total. The Hall–Kier alpha value is -1.23. The van der Waals surface area contributed by atoms with Gasteiger partial charge in [0.2, 0.25) is 0 Å². The van der Waals surface area contributed by atoms with E-state index in [0.29, 0.717) is 12.2 Å². The summed E-state index contributed by atoms with van der Waals surface area (Å²) in [6, 6.07) is 5.09. The molecule has 0 fully saturated rings. The van der Waals surface area contributed by atoms with Crippen LogP contribution in [0.5, 0.6) is 0 Å². The molecule has 1 aromatic rings. The summed E-state index contributed by atoms with van der Waals surface area (Å²) in [4.78, 5) is 11.6. The minimum atomic E-state index is -4.29. The first-order valence-electron chi connectivity index (χ1n) is 5.74. The van der Waals surface area contributed by atoms with E-state index in [2.05, 4.69) is 0 Å². The normalized spacial score (nSPS) is 12.6. The molecule has 0 aromatic heterocycles. The van der Waals surface area contributed by atoms with Crippen molar-refractivity contribution in [2.24, 2.45) is 0 Å². The lowest BCUT2D eigenvalue weighted by Gasteiger charge is -2.07. The van der Waals surface area contributed by atoms with E-state index in [1.165, 1.54) is 30.8 Å². The molecule has 0 N–H and O–H groups in total. The van der Waals surface area contributed by atoms with Crippen LogP contribution in [0.2, 0.25) is 0 Å². The van der Waals surface area contributed by atoms with Crippen molar-refractivity contribution in [3.05, 3.63) is 41.5 Å². The molecule has 19 heavy (non-hydrogen) atoms. The van der Waals surface area contributed by atoms with Gasteiger partial charge in [0, 0.05) is 17.1 Å². The van der Waals surface area contributed by atoms with Gasteiger partial charge in [-0.15, -0.1) is 11.8 Å². The fraction of sp³-hybridized carbons (Fsp3) is 0.357. The van der Waals surface area contributed by atoms with E-state index in [1.54, 1.807) is 0 Å². The maximum atomic E-state index is 12.4. The summed E-state index contributed by atoms with van der Waals surface area (Å²) in [5.74, 6) is 0.762. The van der Waals surface area contributed by atoms with Crippen LogP contribution in [-0.2, 0) is 11.0 Å². The van der Waals surface area contributed by atoms with Crippen LogP contribution in [0, 0.1) is 0 Å². The summed E-state index contributed by atoms with van der Waals surface area (Å²) in [6.45, 7) is 3.42. The maximum absolute atomic E-state index is 12.4. The van der Waals surface area contributed by atoms with Crippen LogP contribution < -0.4 is 0 Å². The van der Waals surface area contributed by atoms with Crippen LogP contribution in [0.15, 0.2) is 40.8 Å². The zero-order chi connectivity index (χ0) is 14.5. The standard InChI is InChI=1S/C14H15F3OS/c1-10(3-4-11(2)18)9-19-13-7-5-12(6-8-13)14(15,16)17/h3,5-8H,4,9H2,1-2H3/b10-3+. The fourth-order valence-corrected chi connectivity index (χ4v) is 2.15. The van der Waals surface area contributed by atoms with E-state index in [4.69, 9.17) is 0 Å². The molecule has 0 heterocycles. The second-order valence-corrected chi connectivity index (χ2v) is 5.32. The highest BCUT2D eigenvalue weighted by Gasteiger charge is 2.29. The van der Waals surface area contributed by atoms with Gasteiger partial charge >= 0.3 is 6.18 Å². The Balaban J connectivity index is 2.55. The number of carbonyl (C=O) groups excluding carboxylic acids is 1. The average Bonchev–Trinajstić information content (AvgIpc) is 2.33. The Morgan fingerprint density at radius 2 is 1.79 bits per heavy atom. The number of hydrogen-bond acceptors (Lipinski definition) is 2. The van der Waals surface area contributed by atoms with Crippen molar-refractivity contribution < 1.29 is 18.0 Å². The lowest BCUT2D eigenvalue weighted by molar-refractivity contribution is -0.137. The zero-order valence-electron chi connectivity index (χ0n) is 10.8. The third kappa shape index (κ3) is 5.96. The Labute approximate surface area is 114 Å². The lowest BCUT2D eigenvalue weighted by Crippen LogP contribution is -2.03. The highest BCUT2D eigenvalue weighted by Crippen LogP contribution is 2.31. The second-order valence-electron chi connectivity index (χ2n) is 4.27. The fourth-order valence-electron chi connectivity index (χ4n) is 1.31. The summed E-state index contributed by atoms with van der Waals surface area (Å²) in [5.41, 5.74) is 0.404. The number of rotatable bonds is 5. The van der Waals surface area contributed by atoms with Crippen LogP contribution in [-0.4, -0.2) is 11.5 Å². The number of halogens is 3. The monoisotopic (exact) mass is 288 g/mol. The highest BCUT2D eigenvalue weighted by molar-refractivity contribution is 7.99. The predicted octanol–water partition coefficient (Wildman–Crippen LogP) is 4.72. The minimum absolute atomic E-state index is 0.0962. The van der Waals surface area contributed by atoms with Crippen molar-refractivity contribution in [3.63, 3.8) is 0 Å². The average molecular weight is 288 g/mol. The van der Waals surface area contributed by atoms with Crippen LogP contribution in [0.3, 0.4) is 0 Å². The number of hydrogen-bond donors (Lipinski definition) is 0. The van der Waals surface area contributed by atoms with E-state index in [1.807, 2.05) is 13.0 Å². The summed E-state index contributed by atoms with van der Waals surface area (Å²) in [5, 5.41) is 0. The molecule has 0 saturated heterocycles. The van der Waals surface area contributed by atoms with E-state index in [0.717, 1.165) is 22.6 Å². The first kappa shape index (κ1) is 15.8. The number of alkyl halides is 3. The van der Waals surface area contributed by atoms with Crippen LogP contribution in [0.25, 0.3) is 0 Å². The van der Waals surface area contributed by atoms with Gasteiger partial charge in [0.05, 0.1) is 5.56 Å². The summed E-state index contributed by atoms with van der Waals surface area (Å²) >= 11 is 1.45. The van der Waals surface area contributed by atoms with Gasteiger partial charge < -0.3 is 0 Å². The van der Waals surface area contributed by atoms with Gasteiger partial charge in [0.15, 0.2) is 0 Å². The molecule has 0 atom stereocenters. The maximum Gasteiger partial charge on any atom is 0.416 e. The molecular formula is C14H15F3OS. The van der Waals surface area contributed by atoms with Crippen LogP contribution in [0.1, 0.15) is 25.8 Å². The first-order valence-corrected chi connectivity index (χ1v) is 6.72. The molecule has 1 aromatic carbocycles. The van der Waals surface area contributed by atoms with Crippen molar-refractivity contribution >= 4 is 17.5 Å². The SMILES string of the molecule is CC(=O)C/C=C(\C)CSc1ccc(C(F)(F)F)cc1. The summed E-state index contributed by atoms with van der Waals surface area (Å²) in [6.07, 6.45) is -2.04. The van der Waals surface area contributed by atoms with Crippen molar-refractivity contribution in [3.8, 4) is 0 Å².